The van der Waals surface area contributed by atoms with Gasteiger partial charge in [-0.1, -0.05) is 32.1 Å². The summed E-state index contributed by atoms with van der Waals surface area (Å²) >= 11 is 0. The molecule has 1 N–H and O–H groups in total. The fraction of sp³-hybridized carbons (Fsp3) is 1.00. The summed E-state index contributed by atoms with van der Waals surface area (Å²) in [6, 6.07) is 0.769. The highest BCUT2D eigenvalue weighted by Gasteiger charge is 2.21. The van der Waals surface area contributed by atoms with Crippen LogP contribution in [0.2, 0.25) is 0 Å². The van der Waals surface area contributed by atoms with Crippen LogP contribution < -0.4 is 5.32 Å². The van der Waals surface area contributed by atoms with Gasteiger partial charge in [-0.25, -0.2) is 0 Å². The Morgan fingerprint density at radius 1 is 0.933 bits per heavy atom. The van der Waals surface area contributed by atoms with Gasteiger partial charge in [0.15, 0.2) is 0 Å². The molecule has 0 spiro atoms. The second-order valence-electron chi connectivity index (χ2n) is 5.75. The van der Waals surface area contributed by atoms with Gasteiger partial charge in [0.25, 0.3) is 0 Å². The quantitative estimate of drug-likeness (QED) is 0.744. The summed E-state index contributed by atoms with van der Waals surface area (Å²) in [5, 5.41) is 3.79. The molecule has 0 radical (unpaired) electrons. The number of hydrogen-bond donors (Lipinski definition) is 1. The first-order valence-corrected chi connectivity index (χ1v) is 7.09. The van der Waals surface area contributed by atoms with E-state index < -0.39 is 0 Å². The molecule has 1 nitrogen and oxygen atoms in total. The summed E-state index contributed by atoms with van der Waals surface area (Å²) in [4.78, 5) is 0. The van der Waals surface area contributed by atoms with Crippen molar-refractivity contribution in [2.24, 2.45) is 11.8 Å². The first kappa shape index (κ1) is 11.4. The summed E-state index contributed by atoms with van der Waals surface area (Å²) < 4.78 is 0. The van der Waals surface area contributed by atoms with E-state index >= 15 is 0 Å². The lowest BCUT2D eigenvalue weighted by molar-refractivity contribution is 0.272. The van der Waals surface area contributed by atoms with E-state index in [2.05, 4.69) is 12.2 Å². The normalized spacial score (nSPS) is 27.0. The molecule has 2 saturated carbocycles. The zero-order valence-electron chi connectivity index (χ0n) is 10.3. The van der Waals surface area contributed by atoms with Crippen LogP contribution in [0.15, 0.2) is 0 Å². The van der Waals surface area contributed by atoms with Crippen molar-refractivity contribution in [1.29, 1.82) is 0 Å². The first-order chi connectivity index (χ1) is 7.36. The zero-order valence-corrected chi connectivity index (χ0v) is 10.3. The van der Waals surface area contributed by atoms with Crippen molar-refractivity contribution < 1.29 is 0 Å². The molecular formula is C14H27N. The van der Waals surface area contributed by atoms with Gasteiger partial charge in [0.2, 0.25) is 0 Å². The summed E-state index contributed by atoms with van der Waals surface area (Å²) in [6.07, 6.45) is 13.3. The topological polar surface area (TPSA) is 12.0 Å². The van der Waals surface area contributed by atoms with Crippen LogP contribution in [0.1, 0.15) is 64.7 Å². The number of rotatable bonds is 4. The molecule has 1 atom stereocenters. The van der Waals surface area contributed by atoms with Crippen molar-refractivity contribution in [3.63, 3.8) is 0 Å². The fourth-order valence-electron chi connectivity index (χ4n) is 3.37. The predicted molar refractivity (Wildman–Crippen MR) is 66.0 cm³/mol. The molecular weight excluding hydrogens is 182 g/mol. The molecule has 0 aromatic carbocycles. The molecule has 0 aromatic rings. The monoisotopic (exact) mass is 209 g/mol. The molecule has 2 aliphatic carbocycles. The van der Waals surface area contributed by atoms with Crippen molar-refractivity contribution in [3.05, 3.63) is 0 Å². The van der Waals surface area contributed by atoms with Gasteiger partial charge in [-0.3, -0.25) is 0 Å². The summed E-state index contributed by atoms with van der Waals surface area (Å²) in [6.45, 7) is 3.70. The van der Waals surface area contributed by atoms with Gasteiger partial charge in [0.05, 0.1) is 0 Å². The van der Waals surface area contributed by atoms with Gasteiger partial charge in [-0.15, -0.1) is 0 Å². The van der Waals surface area contributed by atoms with Crippen LogP contribution in [0, 0.1) is 11.8 Å². The van der Waals surface area contributed by atoms with Crippen LogP contribution in [0.25, 0.3) is 0 Å². The molecule has 0 heterocycles. The van der Waals surface area contributed by atoms with Crippen LogP contribution in [0.5, 0.6) is 0 Å². The minimum absolute atomic E-state index is 0.769. The molecule has 0 aromatic heterocycles. The molecule has 0 aliphatic heterocycles. The lowest BCUT2D eigenvalue weighted by Gasteiger charge is -2.29. The lowest BCUT2D eigenvalue weighted by Crippen LogP contribution is -2.37. The molecule has 88 valence electrons. The Morgan fingerprint density at radius 3 is 2.20 bits per heavy atom. The van der Waals surface area contributed by atoms with E-state index in [1.165, 1.54) is 64.3 Å². The minimum atomic E-state index is 0.769. The highest BCUT2D eigenvalue weighted by atomic mass is 14.9. The van der Waals surface area contributed by atoms with Crippen LogP contribution in [0.3, 0.4) is 0 Å². The summed E-state index contributed by atoms with van der Waals surface area (Å²) in [7, 11) is 0. The Hall–Kier alpha value is -0.0400. The smallest absolute Gasteiger partial charge is 0.00671 e. The van der Waals surface area contributed by atoms with Gasteiger partial charge < -0.3 is 5.32 Å². The molecule has 0 bridgehead atoms. The average Bonchev–Trinajstić information content (AvgIpc) is 2.80. The number of nitrogens with one attached hydrogen (secondary N) is 1. The maximum absolute atomic E-state index is 3.79. The highest BCUT2D eigenvalue weighted by molar-refractivity contribution is 4.78. The first-order valence-electron chi connectivity index (χ1n) is 7.09. The number of hydrogen-bond acceptors (Lipinski definition) is 1. The minimum Gasteiger partial charge on any atom is -0.314 e. The van der Waals surface area contributed by atoms with Crippen LogP contribution in [-0.4, -0.2) is 12.6 Å². The molecule has 2 aliphatic rings. The maximum Gasteiger partial charge on any atom is 0.00671 e. The standard InChI is InChI=1S/C14H27N/c1-12(14-9-3-2-4-10-14)15-11-13-7-5-6-8-13/h12-15H,2-11H2,1H3/t12-/m1/s1. The predicted octanol–water partition coefficient (Wildman–Crippen LogP) is 3.74. The van der Waals surface area contributed by atoms with E-state index in [1.54, 1.807) is 0 Å². The largest absolute Gasteiger partial charge is 0.314 e. The van der Waals surface area contributed by atoms with Crippen molar-refractivity contribution >= 4 is 0 Å². The van der Waals surface area contributed by atoms with E-state index in [4.69, 9.17) is 0 Å². The third kappa shape index (κ3) is 3.48. The van der Waals surface area contributed by atoms with Crippen LogP contribution >= 0.6 is 0 Å². The molecule has 2 rings (SSSR count). The Balaban J connectivity index is 1.64. The van der Waals surface area contributed by atoms with Gasteiger partial charge in [-0.05, 0) is 51.0 Å². The Labute approximate surface area is 95.0 Å². The maximum atomic E-state index is 3.79. The van der Waals surface area contributed by atoms with Crippen molar-refractivity contribution in [2.75, 3.05) is 6.54 Å². The molecule has 15 heavy (non-hydrogen) atoms. The zero-order chi connectivity index (χ0) is 10.5. The third-order valence-corrected chi connectivity index (χ3v) is 4.56. The van der Waals surface area contributed by atoms with Crippen molar-refractivity contribution in [3.8, 4) is 0 Å². The Bertz CT molecular complexity index is 166. The van der Waals surface area contributed by atoms with Crippen LogP contribution in [-0.2, 0) is 0 Å². The van der Waals surface area contributed by atoms with Gasteiger partial charge >= 0.3 is 0 Å². The lowest BCUT2D eigenvalue weighted by atomic mass is 9.84. The van der Waals surface area contributed by atoms with E-state index in [-0.39, 0.29) is 0 Å². The molecule has 2 fully saturated rings. The highest BCUT2D eigenvalue weighted by Crippen LogP contribution is 2.27. The van der Waals surface area contributed by atoms with Gasteiger partial charge in [-0.2, -0.15) is 0 Å². The van der Waals surface area contributed by atoms with E-state index in [1.807, 2.05) is 0 Å². The Kier molecular flexibility index (Phi) is 4.49. The third-order valence-electron chi connectivity index (χ3n) is 4.56. The Morgan fingerprint density at radius 2 is 1.53 bits per heavy atom. The summed E-state index contributed by atoms with van der Waals surface area (Å²) in [5.74, 6) is 1.97. The molecule has 0 amide bonds. The fourth-order valence-corrected chi connectivity index (χ4v) is 3.37. The van der Waals surface area contributed by atoms with E-state index in [9.17, 15) is 0 Å². The van der Waals surface area contributed by atoms with E-state index in [0.717, 1.165) is 17.9 Å². The van der Waals surface area contributed by atoms with Crippen molar-refractivity contribution in [2.45, 2.75) is 70.8 Å². The summed E-state index contributed by atoms with van der Waals surface area (Å²) in [5.41, 5.74) is 0. The van der Waals surface area contributed by atoms with Gasteiger partial charge in [0, 0.05) is 6.04 Å². The SMILES string of the molecule is C[C@@H](NCC1CCCC1)C1CCCCC1. The average molecular weight is 209 g/mol. The van der Waals surface area contributed by atoms with E-state index in [0.29, 0.717) is 0 Å². The molecule has 1 heteroatoms. The van der Waals surface area contributed by atoms with Gasteiger partial charge in [0.1, 0.15) is 0 Å². The molecule has 0 saturated heterocycles. The van der Waals surface area contributed by atoms with Crippen LogP contribution in [0.4, 0.5) is 0 Å². The van der Waals surface area contributed by atoms with Crippen molar-refractivity contribution in [1.82, 2.24) is 5.32 Å². The molecule has 0 unspecified atom stereocenters. The second-order valence-corrected chi connectivity index (χ2v) is 5.75. The second kappa shape index (κ2) is 5.89.